The van der Waals surface area contributed by atoms with Crippen molar-refractivity contribution >= 4 is 5.91 Å². The summed E-state index contributed by atoms with van der Waals surface area (Å²) in [5.41, 5.74) is 6.43. The van der Waals surface area contributed by atoms with Crippen molar-refractivity contribution in [3.8, 4) is 0 Å². The maximum Gasteiger partial charge on any atom is 0.220 e. The highest BCUT2D eigenvalue weighted by molar-refractivity contribution is 5.77. The van der Waals surface area contributed by atoms with Gasteiger partial charge in [0.05, 0.1) is 0 Å². The van der Waals surface area contributed by atoms with Gasteiger partial charge in [0.1, 0.15) is 0 Å². The van der Waals surface area contributed by atoms with Gasteiger partial charge in [-0.15, -0.1) is 0 Å². The number of allylic oxidation sites excluding steroid dienone is 1. The van der Waals surface area contributed by atoms with Crippen molar-refractivity contribution in [2.75, 3.05) is 0 Å². The van der Waals surface area contributed by atoms with Gasteiger partial charge in [-0.25, -0.2) is 0 Å². The summed E-state index contributed by atoms with van der Waals surface area (Å²) in [5, 5.41) is 2.94. The highest BCUT2D eigenvalue weighted by Gasteiger charge is 2.19. The molecule has 0 aromatic heterocycles. The number of carbonyl (C=O) groups excluding carboxylic acids is 1. The van der Waals surface area contributed by atoms with Gasteiger partial charge in [-0.3, -0.25) is 4.79 Å². The minimum Gasteiger partial charge on any atom is -0.402 e. The largest absolute Gasteiger partial charge is 0.402 e. The second-order valence-corrected chi connectivity index (χ2v) is 8.93. The molecule has 3 heteroatoms. The van der Waals surface area contributed by atoms with E-state index in [1.165, 1.54) is 0 Å². The van der Waals surface area contributed by atoms with Gasteiger partial charge < -0.3 is 11.1 Å². The minimum atomic E-state index is -0.109. The zero-order chi connectivity index (χ0) is 16.8. The maximum atomic E-state index is 11.4. The third-order valence-corrected chi connectivity index (χ3v) is 1.96. The quantitative estimate of drug-likeness (QED) is 0.797. The first kappa shape index (κ1) is 21.3. The van der Waals surface area contributed by atoms with Gasteiger partial charge in [0.15, 0.2) is 0 Å². The Balaban J connectivity index is 0. The van der Waals surface area contributed by atoms with Crippen LogP contribution in [0.2, 0.25) is 0 Å². The van der Waals surface area contributed by atoms with Crippen LogP contribution < -0.4 is 11.1 Å². The van der Waals surface area contributed by atoms with Crippen molar-refractivity contribution < 1.29 is 4.79 Å². The van der Waals surface area contributed by atoms with Crippen LogP contribution in [0, 0.1) is 10.8 Å². The summed E-state index contributed by atoms with van der Waals surface area (Å²) in [6.45, 7) is 22.2. The van der Waals surface area contributed by atoms with Gasteiger partial charge in [-0.05, 0) is 38.0 Å². The Bertz CT molecular complexity index is 293. The van der Waals surface area contributed by atoms with Crippen LogP contribution in [0.25, 0.3) is 0 Å². The SMILES string of the molecule is C=C(N)CC(C)(C)C.CC(C)(C)CC(=O)NC(C)(C)C. The molecule has 0 aliphatic rings. The van der Waals surface area contributed by atoms with Gasteiger partial charge in [-0.1, -0.05) is 48.1 Å². The second-order valence-electron chi connectivity index (χ2n) is 8.93. The summed E-state index contributed by atoms with van der Waals surface area (Å²) < 4.78 is 0. The van der Waals surface area contributed by atoms with Crippen molar-refractivity contribution in [3.05, 3.63) is 12.3 Å². The van der Waals surface area contributed by atoms with E-state index in [0.717, 1.165) is 12.1 Å². The standard InChI is InChI=1S/C10H21NO.C7H15N/c1-9(2,3)7-8(12)11-10(4,5)6;1-6(8)5-7(2,3)4/h7H2,1-6H3,(H,11,12);1,5,8H2,2-4H3. The van der Waals surface area contributed by atoms with Crippen LogP contribution in [0.1, 0.15) is 75.2 Å². The predicted octanol–water partition coefficient (Wildman–Crippen LogP) is 4.23. The van der Waals surface area contributed by atoms with E-state index >= 15 is 0 Å². The molecule has 0 saturated carbocycles. The van der Waals surface area contributed by atoms with Gasteiger partial charge >= 0.3 is 0 Å². The minimum absolute atomic E-state index is 0.0787. The number of amides is 1. The molecule has 0 heterocycles. The van der Waals surface area contributed by atoms with Crippen LogP contribution >= 0.6 is 0 Å². The third kappa shape index (κ3) is 22.2. The normalized spacial score (nSPS) is 12.2. The molecule has 3 nitrogen and oxygen atoms in total. The highest BCUT2D eigenvalue weighted by Crippen LogP contribution is 2.20. The first-order valence-corrected chi connectivity index (χ1v) is 7.26. The fourth-order valence-electron chi connectivity index (χ4n) is 1.63. The monoisotopic (exact) mass is 284 g/mol. The molecule has 0 aromatic carbocycles. The average molecular weight is 284 g/mol. The summed E-state index contributed by atoms with van der Waals surface area (Å²) >= 11 is 0. The Morgan fingerprint density at radius 1 is 0.900 bits per heavy atom. The molecule has 0 spiro atoms. The van der Waals surface area contributed by atoms with E-state index in [-0.39, 0.29) is 16.9 Å². The summed E-state index contributed by atoms with van der Waals surface area (Å²) in [5.74, 6) is 0.134. The lowest BCUT2D eigenvalue weighted by Gasteiger charge is -2.24. The van der Waals surface area contributed by atoms with E-state index < -0.39 is 0 Å². The molecule has 1 amide bonds. The number of rotatable bonds is 2. The van der Waals surface area contributed by atoms with Crippen LogP contribution in [0.15, 0.2) is 12.3 Å². The fourth-order valence-corrected chi connectivity index (χ4v) is 1.63. The van der Waals surface area contributed by atoms with Crippen LogP contribution in [0.5, 0.6) is 0 Å². The van der Waals surface area contributed by atoms with Crippen molar-refractivity contribution in [1.82, 2.24) is 5.32 Å². The van der Waals surface area contributed by atoms with E-state index in [1.54, 1.807) is 0 Å². The molecule has 0 rings (SSSR count). The first-order chi connectivity index (χ1) is 8.52. The van der Waals surface area contributed by atoms with E-state index in [0.29, 0.717) is 11.8 Å². The molecule has 0 unspecified atom stereocenters. The molecular weight excluding hydrogens is 248 g/mol. The van der Waals surface area contributed by atoms with Crippen molar-refractivity contribution in [2.45, 2.75) is 80.7 Å². The average Bonchev–Trinajstić information content (AvgIpc) is 1.88. The summed E-state index contributed by atoms with van der Waals surface area (Å²) in [7, 11) is 0. The smallest absolute Gasteiger partial charge is 0.220 e. The van der Waals surface area contributed by atoms with E-state index in [4.69, 9.17) is 5.73 Å². The number of hydrogen-bond donors (Lipinski definition) is 2. The molecule has 3 N–H and O–H groups in total. The van der Waals surface area contributed by atoms with Crippen LogP contribution in [0.3, 0.4) is 0 Å². The third-order valence-electron chi connectivity index (χ3n) is 1.96. The topological polar surface area (TPSA) is 55.1 Å². The molecular formula is C17H36N2O. The molecule has 0 aliphatic heterocycles. The van der Waals surface area contributed by atoms with Gasteiger partial charge in [0.2, 0.25) is 5.91 Å². The molecule has 0 bridgehead atoms. The number of nitrogens with two attached hydrogens (primary N) is 1. The van der Waals surface area contributed by atoms with E-state index in [9.17, 15) is 4.79 Å². The number of nitrogens with one attached hydrogen (secondary N) is 1. The Kier molecular flexibility index (Phi) is 8.21. The van der Waals surface area contributed by atoms with Gasteiger partial charge in [0, 0.05) is 17.7 Å². The lowest BCUT2D eigenvalue weighted by atomic mass is 9.91. The van der Waals surface area contributed by atoms with Gasteiger partial charge in [0.25, 0.3) is 0 Å². The molecule has 0 aliphatic carbocycles. The van der Waals surface area contributed by atoms with Crippen molar-refractivity contribution in [1.29, 1.82) is 0 Å². The molecule has 0 fully saturated rings. The predicted molar refractivity (Wildman–Crippen MR) is 89.4 cm³/mol. The summed E-state index contributed by atoms with van der Waals surface area (Å²) in [6.07, 6.45) is 1.50. The lowest BCUT2D eigenvalue weighted by Crippen LogP contribution is -2.41. The molecule has 0 radical (unpaired) electrons. The second kappa shape index (κ2) is 7.70. The van der Waals surface area contributed by atoms with Crippen LogP contribution in [-0.2, 0) is 4.79 Å². The Morgan fingerprint density at radius 3 is 1.40 bits per heavy atom. The van der Waals surface area contributed by atoms with Crippen LogP contribution in [-0.4, -0.2) is 11.4 Å². The fraction of sp³-hybridized carbons (Fsp3) is 0.824. The zero-order valence-electron chi connectivity index (χ0n) is 15.1. The maximum absolute atomic E-state index is 11.4. The first-order valence-electron chi connectivity index (χ1n) is 7.26. The molecule has 0 atom stereocenters. The molecule has 0 saturated heterocycles. The number of carbonyl (C=O) groups is 1. The summed E-state index contributed by atoms with van der Waals surface area (Å²) in [4.78, 5) is 11.4. The zero-order valence-corrected chi connectivity index (χ0v) is 15.1. The highest BCUT2D eigenvalue weighted by atomic mass is 16.1. The Labute approximate surface area is 126 Å². The van der Waals surface area contributed by atoms with Gasteiger partial charge in [-0.2, -0.15) is 0 Å². The molecule has 120 valence electrons. The van der Waals surface area contributed by atoms with Crippen molar-refractivity contribution in [3.63, 3.8) is 0 Å². The van der Waals surface area contributed by atoms with E-state index in [1.807, 2.05) is 20.8 Å². The Morgan fingerprint density at radius 2 is 1.25 bits per heavy atom. The molecule has 20 heavy (non-hydrogen) atoms. The molecule has 0 aromatic rings. The van der Waals surface area contributed by atoms with E-state index in [2.05, 4.69) is 53.4 Å². The Hall–Kier alpha value is -0.990. The van der Waals surface area contributed by atoms with Crippen molar-refractivity contribution in [2.24, 2.45) is 16.6 Å². The summed E-state index contributed by atoms with van der Waals surface area (Å²) in [6, 6.07) is 0. The van der Waals surface area contributed by atoms with Crippen LogP contribution in [0.4, 0.5) is 0 Å². The number of hydrogen-bond acceptors (Lipinski definition) is 2. The lowest BCUT2D eigenvalue weighted by molar-refractivity contribution is -0.124.